The van der Waals surface area contributed by atoms with Gasteiger partial charge < -0.3 is 19.8 Å². The lowest BCUT2D eigenvalue weighted by atomic mass is 9.81. The maximum Gasteiger partial charge on any atom is 0.123 e. The smallest absolute Gasteiger partial charge is 0.123 e. The van der Waals surface area contributed by atoms with Crippen LogP contribution in [0.1, 0.15) is 37.4 Å². The van der Waals surface area contributed by atoms with Gasteiger partial charge in [-0.3, -0.25) is 4.98 Å². The SMILES string of the molecule is COc1ccc2nccc(C(O)CC[C@@H]3CCN(CCCSc4ccc(F)cc4)C[C@@H]3CO)c2c1. The Kier molecular flexibility index (Phi) is 9.38. The number of likely N-dealkylation sites (tertiary alicyclic amines) is 1. The average Bonchev–Trinajstić information content (AvgIpc) is 2.90. The van der Waals surface area contributed by atoms with Crippen LogP contribution in [0.25, 0.3) is 10.9 Å². The van der Waals surface area contributed by atoms with Crippen LogP contribution in [0.15, 0.2) is 59.6 Å². The zero-order chi connectivity index (χ0) is 24.6. The molecule has 2 heterocycles. The van der Waals surface area contributed by atoms with Gasteiger partial charge in [0.15, 0.2) is 0 Å². The fourth-order valence-corrected chi connectivity index (χ4v) is 5.88. The van der Waals surface area contributed by atoms with Crippen LogP contribution in [0.5, 0.6) is 5.75 Å². The minimum absolute atomic E-state index is 0.178. The van der Waals surface area contributed by atoms with Gasteiger partial charge in [0.2, 0.25) is 0 Å². The van der Waals surface area contributed by atoms with Crippen LogP contribution in [0.3, 0.4) is 0 Å². The molecule has 0 radical (unpaired) electrons. The van der Waals surface area contributed by atoms with Crippen LogP contribution in [0, 0.1) is 17.7 Å². The Hall–Kier alpha value is -2.19. The van der Waals surface area contributed by atoms with Crippen molar-refractivity contribution in [2.75, 3.05) is 39.1 Å². The standard InChI is InChI=1S/C28H35FN2O3S/c1-34-23-6-9-27-26(17-23)25(11-13-30-27)28(33)10-3-20-12-15-31(18-21(20)19-32)14-2-16-35-24-7-4-22(29)5-8-24/h4-9,11,13,17,20-21,28,32-33H,2-3,10,12,14-16,18-19H2,1H3/t20-,21-,28?/m1/s1. The summed E-state index contributed by atoms with van der Waals surface area (Å²) in [6, 6.07) is 14.3. The lowest BCUT2D eigenvalue weighted by Crippen LogP contribution is -2.42. The number of ether oxygens (including phenoxy) is 1. The normalized spacial score (nSPS) is 19.7. The monoisotopic (exact) mass is 498 g/mol. The summed E-state index contributed by atoms with van der Waals surface area (Å²) in [7, 11) is 1.64. The summed E-state index contributed by atoms with van der Waals surface area (Å²) in [5.74, 6) is 2.18. The molecule has 1 aromatic heterocycles. The number of thioether (sulfide) groups is 1. The van der Waals surface area contributed by atoms with E-state index in [1.807, 2.05) is 36.4 Å². The second-order valence-corrected chi connectivity index (χ2v) is 10.5. The number of halogens is 1. The summed E-state index contributed by atoms with van der Waals surface area (Å²) in [6.07, 6.45) is 4.81. The number of aliphatic hydroxyl groups is 2. The number of piperidine rings is 1. The van der Waals surface area contributed by atoms with Gasteiger partial charge in [0, 0.05) is 29.6 Å². The Labute approximate surface area is 211 Å². The van der Waals surface area contributed by atoms with Gasteiger partial charge >= 0.3 is 0 Å². The molecule has 1 saturated heterocycles. The second kappa shape index (κ2) is 12.7. The van der Waals surface area contributed by atoms with Crippen molar-refractivity contribution >= 4 is 22.7 Å². The largest absolute Gasteiger partial charge is 0.497 e. The third-order valence-electron chi connectivity index (χ3n) is 7.06. The Balaban J connectivity index is 1.25. The van der Waals surface area contributed by atoms with Gasteiger partial charge in [-0.15, -0.1) is 11.8 Å². The highest BCUT2D eigenvalue weighted by atomic mass is 32.2. The zero-order valence-electron chi connectivity index (χ0n) is 20.3. The predicted octanol–water partition coefficient (Wildman–Crippen LogP) is 5.31. The molecule has 1 unspecified atom stereocenters. The van der Waals surface area contributed by atoms with E-state index in [1.54, 1.807) is 25.1 Å². The quantitative estimate of drug-likeness (QED) is 0.276. The Bertz CT molecular complexity index is 1080. The first-order valence-electron chi connectivity index (χ1n) is 12.4. The number of aliphatic hydroxyl groups excluding tert-OH is 2. The summed E-state index contributed by atoms with van der Waals surface area (Å²) in [5, 5.41) is 22.0. The molecule has 1 aliphatic rings. The molecule has 4 rings (SSSR count). The highest BCUT2D eigenvalue weighted by Gasteiger charge is 2.29. The molecule has 1 fully saturated rings. The van der Waals surface area contributed by atoms with Gasteiger partial charge in [0.1, 0.15) is 11.6 Å². The minimum atomic E-state index is -0.575. The van der Waals surface area contributed by atoms with E-state index in [9.17, 15) is 14.6 Å². The highest BCUT2D eigenvalue weighted by molar-refractivity contribution is 7.99. The maximum atomic E-state index is 13.0. The van der Waals surface area contributed by atoms with Gasteiger partial charge in [-0.25, -0.2) is 4.39 Å². The summed E-state index contributed by atoms with van der Waals surface area (Å²) < 4.78 is 18.4. The molecule has 7 heteroatoms. The summed E-state index contributed by atoms with van der Waals surface area (Å²) in [6.45, 7) is 3.10. The molecule has 35 heavy (non-hydrogen) atoms. The third kappa shape index (κ3) is 6.94. The number of pyridine rings is 1. The van der Waals surface area contributed by atoms with Crippen molar-refractivity contribution in [2.45, 2.75) is 36.7 Å². The molecule has 2 aromatic carbocycles. The summed E-state index contributed by atoms with van der Waals surface area (Å²) in [5.41, 5.74) is 1.73. The van der Waals surface area contributed by atoms with Crippen molar-refractivity contribution in [3.8, 4) is 5.75 Å². The number of rotatable bonds is 11. The van der Waals surface area contributed by atoms with Crippen molar-refractivity contribution in [1.29, 1.82) is 0 Å². The number of methoxy groups -OCH3 is 1. The molecular formula is C28H35FN2O3S. The Morgan fingerprint density at radius 2 is 2.00 bits per heavy atom. The molecular weight excluding hydrogens is 463 g/mol. The molecule has 0 saturated carbocycles. The first kappa shape index (κ1) is 25.9. The van der Waals surface area contributed by atoms with E-state index >= 15 is 0 Å². The van der Waals surface area contributed by atoms with Crippen molar-refractivity contribution in [1.82, 2.24) is 9.88 Å². The van der Waals surface area contributed by atoms with Gasteiger partial charge in [0.05, 0.1) is 18.7 Å². The summed E-state index contributed by atoms with van der Waals surface area (Å²) in [4.78, 5) is 7.95. The molecule has 3 atom stereocenters. The van der Waals surface area contributed by atoms with Gasteiger partial charge in [-0.1, -0.05) is 0 Å². The van der Waals surface area contributed by atoms with E-state index in [4.69, 9.17) is 4.74 Å². The lowest BCUT2D eigenvalue weighted by molar-refractivity contribution is 0.0581. The molecule has 0 aliphatic carbocycles. The van der Waals surface area contributed by atoms with E-state index < -0.39 is 6.10 Å². The van der Waals surface area contributed by atoms with Crippen molar-refractivity contribution in [2.24, 2.45) is 11.8 Å². The van der Waals surface area contributed by atoms with Crippen molar-refractivity contribution in [3.63, 3.8) is 0 Å². The first-order valence-corrected chi connectivity index (χ1v) is 13.4. The molecule has 0 amide bonds. The predicted molar refractivity (Wildman–Crippen MR) is 139 cm³/mol. The Morgan fingerprint density at radius 1 is 1.17 bits per heavy atom. The molecule has 0 spiro atoms. The second-order valence-electron chi connectivity index (χ2n) is 9.32. The van der Waals surface area contributed by atoms with Crippen LogP contribution in [-0.4, -0.2) is 59.2 Å². The number of fused-ring (bicyclic) bond motifs is 1. The number of hydrogen-bond donors (Lipinski definition) is 2. The minimum Gasteiger partial charge on any atom is -0.497 e. The Morgan fingerprint density at radius 3 is 2.77 bits per heavy atom. The molecule has 188 valence electrons. The maximum absolute atomic E-state index is 13.0. The van der Waals surface area contributed by atoms with Crippen molar-refractivity contribution in [3.05, 3.63) is 66.1 Å². The van der Waals surface area contributed by atoms with E-state index in [0.717, 1.165) is 71.8 Å². The van der Waals surface area contributed by atoms with Crippen molar-refractivity contribution < 1.29 is 19.3 Å². The van der Waals surface area contributed by atoms with Gasteiger partial charge in [-0.05, 0) is 110 Å². The van der Waals surface area contributed by atoms with Crippen LogP contribution in [0.2, 0.25) is 0 Å². The highest BCUT2D eigenvalue weighted by Crippen LogP contribution is 2.33. The number of aromatic nitrogens is 1. The van der Waals surface area contributed by atoms with Crippen LogP contribution >= 0.6 is 11.8 Å². The zero-order valence-corrected chi connectivity index (χ0v) is 21.1. The third-order valence-corrected chi connectivity index (χ3v) is 8.16. The summed E-state index contributed by atoms with van der Waals surface area (Å²) >= 11 is 1.75. The van der Waals surface area contributed by atoms with E-state index in [1.165, 1.54) is 12.1 Å². The van der Waals surface area contributed by atoms with Gasteiger partial charge in [-0.2, -0.15) is 0 Å². The van der Waals surface area contributed by atoms with E-state index in [2.05, 4.69) is 9.88 Å². The van der Waals surface area contributed by atoms with Crippen LogP contribution in [0.4, 0.5) is 4.39 Å². The molecule has 5 nitrogen and oxygen atoms in total. The van der Waals surface area contributed by atoms with Gasteiger partial charge in [0.25, 0.3) is 0 Å². The lowest BCUT2D eigenvalue weighted by Gasteiger charge is -2.38. The fourth-order valence-electron chi connectivity index (χ4n) is 5.05. The fraction of sp³-hybridized carbons (Fsp3) is 0.464. The number of nitrogens with zero attached hydrogens (tertiary/aromatic N) is 2. The molecule has 1 aliphatic heterocycles. The average molecular weight is 499 g/mol. The topological polar surface area (TPSA) is 65.8 Å². The van der Waals surface area contributed by atoms with E-state index in [-0.39, 0.29) is 18.3 Å². The van der Waals surface area contributed by atoms with Crippen LogP contribution in [-0.2, 0) is 0 Å². The molecule has 3 aromatic rings. The van der Waals surface area contributed by atoms with E-state index in [0.29, 0.717) is 12.3 Å². The first-order chi connectivity index (χ1) is 17.1. The van der Waals surface area contributed by atoms with Crippen LogP contribution < -0.4 is 4.74 Å². The number of hydrogen-bond acceptors (Lipinski definition) is 6. The molecule has 0 bridgehead atoms. The molecule has 2 N–H and O–H groups in total. The number of benzene rings is 2.